The quantitative estimate of drug-likeness (QED) is 0.0292. The topological polar surface area (TPSA) is 119 Å². The molecule has 0 aliphatic heterocycles. The molecular formula is C41H69O8P. The van der Waals surface area contributed by atoms with Crippen molar-refractivity contribution in [3.63, 3.8) is 0 Å². The molecule has 0 aromatic rings. The Morgan fingerprint density at radius 1 is 0.540 bits per heavy atom. The van der Waals surface area contributed by atoms with Gasteiger partial charge < -0.3 is 19.3 Å². The van der Waals surface area contributed by atoms with Crippen molar-refractivity contribution in [3.05, 3.63) is 72.9 Å². The van der Waals surface area contributed by atoms with Crippen molar-refractivity contribution in [3.8, 4) is 0 Å². The van der Waals surface area contributed by atoms with E-state index in [2.05, 4.69) is 85.2 Å². The normalized spacial score (nSPS) is 13.3. The van der Waals surface area contributed by atoms with Gasteiger partial charge in [0.15, 0.2) is 6.10 Å². The van der Waals surface area contributed by atoms with Crippen molar-refractivity contribution < 1.29 is 37.9 Å². The van der Waals surface area contributed by atoms with Crippen molar-refractivity contribution in [1.82, 2.24) is 0 Å². The van der Waals surface area contributed by atoms with Gasteiger partial charge in [0.25, 0.3) is 0 Å². The first-order chi connectivity index (χ1) is 24.3. The van der Waals surface area contributed by atoms with E-state index in [-0.39, 0.29) is 19.4 Å². The van der Waals surface area contributed by atoms with Crippen LogP contribution in [0.1, 0.15) is 155 Å². The van der Waals surface area contributed by atoms with Crippen LogP contribution in [0.25, 0.3) is 0 Å². The lowest BCUT2D eigenvalue weighted by Gasteiger charge is -2.18. The summed E-state index contributed by atoms with van der Waals surface area (Å²) in [7, 11) is -4.77. The highest BCUT2D eigenvalue weighted by Gasteiger charge is 2.22. The number of unbranched alkanes of at least 4 members (excludes halogenated alkanes) is 12. The van der Waals surface area contributed by atoms with E-state index in [1.165, 1.54) is 38.5 Å². The largest absolute Gasteiger partial charge is 0.469 e. The van der Waals surface area contributed by atoms with Gasteiger partial charge in [-0.25, -0.2) is 4.57 Å². The molecule has 0 aromatic carbocycles. The third-order valence-electron chi connectivity index (χ3n) is 7.71. The van der Waals surface area contributed by atoms with E-state index in [9.17, 15) is 14.2 Å². The minimum Gasteiger partial charge on any atom is -0.462 e. The van der Waals surface area contributed by atoms with Crippen LogP contribution >= 0.6 is 7.82 Å². The van der Waals surface area contributed by atoms with Gasteiger partial charge in [-0.2, -0.15) is 0 Å². The summed E-state index contributed by atoms with van der Waals surface area (Å²) in [6, 6.07) is 0. The molecule has 0 spiro atoms. The van der Waals surface area contributed by atoms with Gasteiger partial charge in [0, 0.05) is 12.8 Å². The Hall–Kier alpha value is -2.51. The van der Waals surface area contributed by atoms with Crippen LogP contribution in [-0.4, -0.2) is 41.0 Å². The van der Waals surface area contributed by atoms with Gasteiger partial charge in [-0.15, -0.1) is 0 Å². The summed E-state index contributed by atoms with van der Waals surface area (Å²) >= 11 is 0. The maximum absolute atomic E-state index is 12.3. The van der Waals surface area contributed by atoms with Crippen LogP contribution in [0.2, 0.25) is 0 Å². The summed E-state index contributed by atoms with van der Waals surface area (Å²) in [5.74, 6) is -0.973. The van der Waals surface area contributed by atoms with Crippen LogP contribution in [-0.2, 0) is 28.2 Å². The predicted molar refractivity (Wildman–Crippen MR) is 207 cm³/mol. The number of phosphoric acid groups is 1. The number of rotatable bonds is 34. The lowest BCUT2D eigenvalue weighted by atomic mass is 10.1. The first-order valence-electron chi connectivity index (χ1n) is 19.2. The SMILES string of the molecule is CC/C=C/C/C=C/C/C=C/CCCCCCCC(=O)OC[C@H](COP(=O)(O)O)OC(=O)CCC/C=C/C/C=C/C/C=C/CCCCCCCC. The average Bonchev–Trinajstić information content (AvgIpc) is 3.08. The number of allylic oxidation sites excluding steroid dienone is 12. The van der Waals surface area contributed by atoms with E-state index in [0.717, 1.165) is 70.6 Å². The van der Waals surface area contributed by atoms with E-state index in [1.54, 1.807) is 0 Å². The van der Waals surface area contributed by atoms with E-state index < -0.39 is 32.5 Å². The van der Waals surface area contributed by atoms with Crippen LogP contribution in [0.4, 0.5) is 0 Å². The molecule has 286 valence electrons. The molecule has 0 amide bonds. The zero-order valence-corrected chi connectivity index (χ0v) is 32.2. The van der Waals surface area contributed by atoms with Crippen LogP contribution in [0, 0.1) is 0 Å². The fourth-order valence-electron chi connectivity index (χ4n) is 4.87. The molecule has 0 saturated heterocycles. The second kappa shape index (κ2) is 36.3. The summed E-state index contributed by atoms with van der Waals surface area (Å²) < 4.78 is 26.3. The maximum atomic E-state index is 12.3. The van der Waals surface area contributed by atoms with Gasteiger partial charge >= 0.3 is 19.8 Å². The summed E-state index contributed by atoms with van der Waals surface area (Å²) in [6.45, 7) is 3.49. The third-order valence-corrected chi connectivity index (χ3v) is 8.19. The monoisotopic (exact) mass is 720 g/mol. The first kappa shape index (κ1) is 47.5. The van der Waals surface area contributed by atoms with Gasteiger partial charge in [0.1, 0.15) is 6.61 Å². The Kier molecular flexibility index (Phi) is 34.5. The molecule has 0 aromatic heterocycles. The molecule has 0 rings (SSSR count). The van der Waals surface area contributed by atoms with Gasteiger partial charge in [-0.1, -0.05) is 138 Å². The maximum Gasteiger partial charge on any atom is 0.469 e. The predicted octanol–water partition coefficient (Wildman–Crippen LogP) is 11.5. The van der Waals surface area contributed by atoms with Crippen LogP contribution < -0.4 is 0 Å². The highest BCUT2D eigenvalue weighted by atomic mass is 31.2. The van der Waals surface area contributed by atoms with Gasteiger partial charge in [0.2, 0.25) is 0 Å². The van der Waals surface area contributed by atoms with Gasteiger partial charge in [-0.05, 0) is 77.0 Å². The summed E-state index contributed by atoms with van der Waals surface area (Å²) in [4.78, 5) is 42.7. The highest BCUT2D eigenvalue weighted by Crippen LogP contribution is 2.35. The molecule has 0 fully saturated rings. The number of phosphoric ester groups is 1. The number of ether oxygens (including phenoxy) is 2. The molecule has 0 aliphatic rings. The zero-order valence-electron chi connectivity index (χ0n) is 31.3. The molecule has 50 heavy (non-hydrogen) atoms. The van der Waals surface area contributed by atoms with Crippen molar-refractivity contribution in [2.75, 3.05) is 13.2 Å². The molecule has 0 radical (unpaired) electrons. The van der Waals surface area contributed by atoms with Crippen LogP contribution in [0.15, 0.2) is 72.9 Å². The minimum absolute atomic E-state index is 0.133. The molecule has 0 bridgehead atoms. The van der Waals surface area contributed by atoms with E-state index in [1.807, 2.05) is 6.08 Å². The molecule has 2 N–H and O–H groups in total. The number of carbonyl (C=O) groups is 2. The van der Waals surface area contributed by atoms with Crippen LogP contribution in [0.5, 0.6) is 0 Å². The second-order valence-electron chi connectivity index (χ2n) is 12.5. The number of carbonyl (C=O) groups excluding carboxylic acids is 2. The lowest BCUT2D eigenvalue weighted by molar-refractivity contribution is -0.161. The fourth-order valence-corrected chi connectivity index (χ4v) is 5.23. The Bertz CT molecular complexity index is 1040. The number of hydrogen-bond donors (Lipinski definition) is 2. The minimum atomic E-state index is -4.77. The zero-order chi connectivity index (χ0) is 36.8. The van der Waals surface area contributed by atoms with Crippen molar-refractivity contribution in [1.29, 1.82) is 0 Å². The molecule has 9 heteroatoms. The fraction of sp³-hybridized carbons (Fsp3) is 0.659. The second-order valence-corrected chi connectivity index (χ2v) is 13.8. The molecule has 0 saturated carbocycles. The first-order valence-corrected chi connectivity index (χ1v) is 20.8. The summed E-state index contributed by atoms with van der Waals surface area (Å²) in [5, 5.41) is 0. The number of hydrogen-bond acceptors (Lipinski definition) is 6. The van der Waals surface area contributed by atoms with Gasteiger partial charge in [-0.3, -0.25) is 14.1 Å². The Morgan fingerprint density at radius 2 is 0.980 bits per heavy atom. The van der Waals surface area contributed by atoms with Crippen molar-refractivity contribution >= 4 is 19.8 Å². The molecular weight excluding hydrogens is 651 g/mol. The van der Waals surface area contributed by atoms with E-state index in [0.29, 0.717) is 19.3 Å². The van der Waals surface area contributed by atoms with E-state index >= 15 is 0 Å². The molecule has 0 unspecified atom stereocenters. The molecule has 8 nitrogen and oxygen atoms in total. The third kappa shape index (κ3) is 38.3. The molecule has 1 atom stereocenters. The Balaban J connectivity index is 4.10. The highest BCUT2D eigenvalue weighted by molar-refractivity contribution is 7.46. The average molecular weight is 721 g/mol. The standard InChI is InChI=1S/C41H69O8P/c1-3-5-7-9-11-13-15-17-19-20-22-24-26-28-30-32-34-36-41(43)49-39(38-48-50(44,45)46)37-47-40(42)35-33-31-29-27-25-23-21-18-16-14-12-10-8-6-4-2/h6,8,12,14,17-19,21-22,24,28,30,39H,3-5,7,9-11,13,15-16,20,23,25-27,29,31-38H2,1-2H3,(H2,44,45,46)/b8-6+,14-12+,19-17+,21-18+,24-22+,30-28+/t39-/m1/s1. The molecule has 0 aliphatic carbocycles. The van der Waals surface area contributed by atoms with Crippen molar-refractivity contribution in [2.24, 2.45) is 0 Å². The Morgan fingerprint density at radius 3 is 1.50 bits per heavy atom. The summed E-state index contributed by atoms with van der Waals surface area (Å²) in [5.41, 5.74) is 0. The number of esters is 2. The Labute approximate surface area is 304 Å². The lowest BCUT2D eigenvalue weighted by Crippen LogP contribution is -2.29. The van der Waals surface area contributed by atoms with Crippen molar-refractivity contribution in [2.45, 2.75) is 161 Å². The smallest absolute Gasteiger partial charge is 0.462 e. The van der Waals surface area contributed by atoms with Crippen LogP contribution in [0.3, 0.4) is 0 Å². The molecule has 0 heterocycles. The van der Waals surface area contributed by atoms with E-state index in [4.69, 9.17) is 19.3 Å². The summed E-state index contributed by atoms with van der Waals surface area (Å²) in [6.07, 6.45) is 46.3. The van der Waals surface area contributed by atoms with Gasteiger partial charge in [0.05, 0.1) is 6.61 Å².